The van der Waals surface area contributed by atoms with Gasteiger partial charge in [-0.25, -0.2) is 0 Å². The van der Waals surface area contributed by atoms with Gasteiger partial charge in [0.1, 0.15) is 0 Å². The van der Waals surface area contributed by atoms with Crippen LogP contribution in [0.15, 0.2) is 16.8 Å². The molecule has 3 atom stereocenters. The lowest BCUT2D eigenvalue weighted by atomic mass is 9.94. The molecule has 1 aliphatic carbocycles. The van der Waals surface area contributed by atoms with Crippen LogP contribution in [-0.4, -0.2) is 23.9 Å². The third-order valence-corrected chi connectivity index (χ3v) is 5.44. The Bertz CT molecular complexity index is 431. The van der Waals surface area contributed by atoms with Crippen LogP contribution >= 0.6 is 11.3 Å². The van der Waals surface area contributed by atoms with E-state index in [-0.39, 0.29) is 5.92 Å². The van der Waals surface area contributed by atoms with Gasteiger partial charge in [0.15, 0.2) is 0 Å². The molecule has 3 nitrogen and oxygen atoms in total. The van der Waals surface area contributed by atoms with Crippen LogP contribution in [0.4, 0.5) is 0 Å². The van der Waals surface area contributed by atoms with Gasteiger partial charge in [0.25, 0.3) is 0 Å². The van der Waals surface area contributed by atoms with Gasteiger partial charge in [0.2, 0.25) is 5.91 Å². The smallest absolute Gasteiger partial charge is 0.226 e. The first-order chi connectivity index (χ1) is 9.31. The molecule has 2 fully saturated rings. The Kier molecular flexibility index (Phi) is 3.89. The zero-order valence-corrected chi connectivity index (χ0v) is 12.1. The van der Waals surface area contributed by atoms with Crippen LogP contribution in [0.2, 0.25) is 0 Å². The molecule has 104 valence electrons. The molecule has 2 N–H and O–H groups in total. The minimum Gasteiger partial charge on any atom is -0.335 e. The molecule has 1 aromatic heterocycles. The van der Waals surface area contributed by atoms with Crippen molar-refractivity contribution < 1.29 is 4.79 Å². The topological polar surface area (TPSA) is 46.3 Å². The van der Waals surface area contributed by atoms with Crippen LogP contribution in [0, 0.1) is 11.8 Å². The van der Waals surface area contributed by atoms with Crippen molar-refractivity contribution in [3.05, 3.63) is 22.4 Å². The Morgan fingerprint density at radius 2 is 2.26 bits per heavy atom. The van der Waals surface area contributed by atoms with Crippen molar-refractivity contribution in [2.24, 2.45) is 17.6 Å². The van der Waals surface area contributed by atoms with Crippen molar-refractivity contribution >= 4 is 17.2 Å². The number of likely N-dealkylation sites (tertiary alicyclic amines) is 1. The molecule has 0 spiro atoms. The normalized spacial score (nSPS) is 31.0. The molecule has 0 aromatic carbocycles. The number of nitrogens with two attached hydrogens (primary N) is 1. The van der Waals surface area contributed by atoms with Crippen LogP contribution < -0.4 is 5.73 Å². The Morgan fingerprint density at radius 3 is 3.00 bits per heavy atom. The van der Waals surface area contributed by atoms with E-state index in [4.69, 9.17) is 5.73 Å². The number of carbonyl (C=O) groups is 1. The number of hydrogen-bond donors (Lipinski definition) is 1. The van der Waals surface area contributed by atoms with Gasteiger partial charge < -0.3 is 10.6 Å². The quantitative estimate of drug-likeness (QED) is 0.924. The van der Waals surface area contributed by atoms with Gasteiger partial charge in [-0.05, 0) is 60.5 Å². The Labute approximate surface area is 118 Å². The fourth-order valence-electron chi connectivity index (χ4n) is 3.70. The zero-order chi connectivity index (χ0) is 13.2. The summed E-state index contributed by atoms with van der Waals surface area (Å²) in [5, 5.41) is 4.29. The fraction of sp³-hybridized carbons (Fsp3) is 0.667. The van der Waals surface area contributed by atoms with Crippen LogP contribution in [0.3, 0.4) is 0 Å². The fourth-order valence-corrected chi connectivity index (χ4v) is 4.41. The number of rotatable bonds is 3. The van der Waals surface area contributed by atoms with E-state index >= 15 is 0 Å². The molecule has 0 radical (unpaired) electrons. The maximum atomic E-state index is 12.8. The monoisotopic (exact) mass is 278 g/mol. The maximum Gasteiger partial charge on any atom is 0.226 e. The van der Waals surface area contributed by atoms with E-state index in [1.807, 2.05) is 0 Å². The third-order valence-electron chi connectivity index (χ3n) is 4.74. The summed E-state index contributed by atoms with van der Waals surface area (Å²) < 4.78 is 0. The Balaban J connectivity index is 1.75. The number of carbonyl (C=O) groups excluding carboxylic acids is 1. The number of nitrogens with zero attached hydrogens (tertiary/aromatic N) is 1. The van der Waals surface area contributed by atoms with Crippen molar-refractivity contribution in [1.29, 1.82) is 0 Å². The molecule has 1 aromatic rings. The van der Waals surface area contributed by atoms with Gasteiger partial charge in [-0.15, -0.1) is 0 Å². The molecule has 1 aliphatic heterocycles. The summed E-state index contributed by atoms with van der Waals surface area (Å²) in [6, 6.07) is 2.48. The number of hydrogen-bond acceptors (Lipinski definition) is 3. The Morgan fingerprint density at radius 1 is 1.37 bits per heavy atom. The minimum absolute atomic E-state index is 0.184. The highest BCUT2D eigenvalue weighted by atomic mass is 32.1. The molecule has 1 amide bonds. The average molecular weight is 278 g/mol. The van der Waals surface area contributed by atoms with Gasteiger partial charge in [0.05, 0.1) is 6.04 Å². The molecule has 19 heavy (non-hydrogen) atoms. The summed E-state index contributed by atoms with van der Waals surface area (Å²) in [6.07, 6.45) is 5.57. The molecule has 3 unspecified atom stereocenters. The van der Waals surface area contributed by atoms with Gasteiger partial charge in [-0.1, -0.05) is 6.42 Å². The van der Waals surface area contributed by atoms with Crippen LogP contribution in [-0.2, 0) is 4.79 Å². The first kappa shape index (κ1) is 13.1. The molecule has 2 heterocycles. The summed E-state index contributed by atoms with van der Waals surface area (Å²) in [6.45, 7) is 1.58. The zero-order valence-electron chi connectivity index (χ0n) is 11.3. The highest BCUT2D eigenvalue weighted by Crippen LogP contribution is 2.38. The van der Waals surface area contributed by atoms with Crippen molar-refractivity contribution in [2.45, 2.75) is 38.1 Å². The van der Waals surface area contributed by atoms with Crippen molar-refractivity contribution in [3.63, 3.8) is 0 Å². The molecule has 3 rings (SSSR count). The largest absolute Gasteiger partial charge is 0.335 e. The van der Waals surface area contributed by atoms with E-state index in [0.29, 0.717) is 24.4 Å². The lowest BCUT2D eigenvalue weighted by Gasteiger charge is -2.29. The molecular weight excluding hydrogens is 256 g/mol. The second kappa shape index (κ2) is 5.63. The highest BCUT2D eigenvalue weighted by Gasteiger charge is 2.39. The second-order valence-corrected chi connectivity index (χ2v) is 6.56. The third kappa shape index (κ3) is 2.43. The van der Waals surface area contributed by atoms with Gasteiger partial charge >= 0.3 is 0 Å². The van der Waals surface area contributed by atoms with E-state index in [1.54, 1.807) is 11.3 Å². The van der Waals surface area contributed by atoms with Gasteiger partial charge in [0, 0.05) is 12.5 Å². The van der Waals surface area contributed by atoms with E-state index in [0.717, 1.165) is 38.6 Å². The molecule has 1 saturated carbocycles. The summed E-state index contributed by atoms with van der Waals surface area (Å²) >= 11 is 1.72. The molecule has 0 bridgehead atoms. The summed E-state index contributed by atoms with van der Waals surface area (Å²) in [5.41, 5.74) is 7.14. The lowest BCUT2D eigenvalue weighted by Crippen LogP contribution is -2.38. The van der Waals surface area contributed by atoms with E-state index in [2.05, 4.69) is 21.7 Å². The molecule has 4 heteroatoms. The number of amides is 1. The van der Waals surface area contributed by atoms with E-state index < -0.39 is 0 Å². The molecule has 2 aliphatic rings. The average Bonchev–Trinajstić information content (AvgIpc) is 3.16. The SMILES string of the molecule is NCC1CCCC1C(=O)N1CCCC1c1ccsc1. The summed E-state index contributed by atoms with van der Waals surface area (Å²) in [4.78, 5) is 14.9. The molecular formula is C15H22N2OS. The first-order valence-electron chi connectivity index (χ1n) is 7.34. The van der Waals surface area contributed by atoms with Gasteiger partial charge in [-0.2, -0.15) is 11.3 Å². The number of thiophene rings is 1. The first-order valence-corrected chi connectivity index (χ1v) is 8.28. The predicted molar refractivity (Wildman–Crippen MR) is 77.9 cm³/mol. The second-order valence-electron chi connectivity index (χ2n) is 5.78. The highest BCUT2D eigenvalue weighted by molar-refractivity contribution is 7.07. The van der Waals surface area contributed by atoms with Crippen LogP contribution in [0.1, 0.15) is 43.7 Å². The van der Waals surface area contributed by atoms with Crippen LogP contribution in [0.25, 0.3) is 0 Å². The minimum atomic E-state index is 0.184. The van der Waals surface area contributed by atoms with Gasteiger partial charge in [-0.3, -0.25) is 4.79 Å². The van der Waals surface area contributed by atoms with Crippen molar-refractivity contribution in [1.82, 2.24) is 4.90 Å². The van der Waals surface area contributed by atoms with Crippen molar-refractivity contribution in [2.75, 3.05) is 13.1 Å². The standard InChI is InChI=1S/C15H22N2OS/c16-9-11-3-1-4-13(11)15(18)17-7-2-5-14(17)12-6-8-19-10-12/h6,8,10-11,13-14H,1-5,7,9,16H2. The van der Waals surface area contributed by atoms with Crippen molar-refractivity contribution in [3.8, 4) is 0 Å². The summed E-state index contributed by atoms with van der Waals surface area (Å²) in [7, 11) is 0. The van der Waals surface area contributed by atoms with E-state index in [9.17, 15) is 4.79 Å². The maximum absolute atomic E-state index is 12.8. The lowest BCUT2D eigenvalue weighted by molar-refractivity contribution is -0.137. The molecule has 1 saturated heterocycles. The van der Waals surface area contributed by atoms with E-state index in [1.165, 1.54) is 5.56 Å². The van der Waals surface area contributed by atoms with Crippen LogP contribution in [0.5, 0.6) is 0 Å². The summed E-state index contributed by atoms with van der Waals surface area (Å²) in [5.74, 6) is 0.960. The Hall–Kier alpha value is -0.870. The predicted octanol–water partition coefficient (Wildman–Crippen LogP) is 2.79.